The summed E-state index contributed by atoms with van der Waals surface area (Å²) in [6.07, 6.45) is 2.40. The quantitative estimate of drug-likeness (QED) is 0.536. The van der Waals surface area contributed by atoms with Crippen LogP contribution in [0.25, 0.3) is 11.0 Å². The zero-order valence-electron chi connectivity index (χ0n) is 18.3. The summed E-state index contributed by atoms with van der Waals surface area (Å²) in [7, 11) is 0. The smallest absolute Gasteiger partial charge is 0.251 e. The van der Waals surface area contributed by atoms with Crippen molar-refractivity contribution in [2.24, 2.45) is 5.92 Å². The molecule has 0 bridgehead atoms. The fourth-order valence-electron chi connectivity index (χ4n) is 4.97. The van der Waals surface area contributed by atoms with Crippen LogP contribution in [0.1, 0.15) is 11.7 Å². The molecule has 3 aliphatic heterocycles. The van der Waals surface area contributed by atoms with Crippen LogP contribution in [0.3, 0.4) is 0 Å². The lowest BCUT2D eigenvalue weighted by Crippen LogP contribution is -2.40. The van der Waals surface area contributed by atoms with E-state index in [4.69, 9.17) is 9.47 Å². The third-order valence-electron chi connectivity index (χ3n) is 6.62. The lowest BCUT2D eigenvalue weighted by Gasteiger charge is -2.30. The van der Waals surface area contributed by atoms with Crippen LogP contribution in [0.2, 0.25) is 0 Å². The van der Waals surface area contributed by atoms with Crippen molar-refractivity contribution in [2.75, 3.05) is 38.7 Å². The van der Waals surface area contributed by atoms with Crippen molar-refractivity contribution in [1.29, 1.82) is 0 Å². The maximum absolute atomic E-state index is 14.2. The summed E-state index contributed by atoms with van der Waals surface area (Å²) in [6, 6.07) is 4.79. The van der Waals surface area contributed by atoms with Gasteiger partial charge in [-0.3, -0.25) is 24.2 Å². The standard InChI is InChI=1S/C23H24FN5O4S/c24-16-6-27-17-1-2-21(31)29-15(11-32-23(16)22(17)29)9-28-8-13(18(30)10-28)4-25-5-14-3-20-19(7-26-14)33-12-34-20/h1-3,6-7,13,15,18,25,30H,4-5,8-12H2/t13-,15+,18+/m0/s1. The molecular weight excluding hydrogens is 461 g/mol. The lowest BCUT2D eigenvalue weighted by molar-refractivity contribution is 0.134. The topological polar surface area (TPSA) is 102 Å². The predicted molar refractivity (Wildman–Crippen MR) is 124 cm³/mol. The minimum absolute atomic E-state index is 0.0514. The minimum atomic E-state index is -0.572. The zero-order chi connectivity index (χ0) is 23.2. The number of rotatable bonds is 6. The van der Waals surface area contributed by atoms with Crippen LogP contribution < -0.4 is 20.3 Å². The molecule has 0 spiro atoms. The highest BCUT2D eigenvalue weighted by molar-refractivity contribution is 7.99. The molecule has 1 fully saturated rings. The van der Waals surface area contributed by atoms with Crippen molar-refractivity contribution in [1.82, 2.24) is 24.8 Å². The average molecular weight is 486 g/mol. The number of fused-ring (bicyclic) bond motifs is 1. The van der Waals surface area contributed by atoms with Gasteiger partial charge in [-0.2, -0.15) is 0 Å². The molecule has 6 rings (SSSR count). The molecule has 0 unspecified atom stereocenters. The van der Waals surface area contributed by atoms with Gasteiger partial charge in [0, 0.05) is 44.7 Å². The van der Waals surface area contributed by atoms with Gasteiger partial charge in [-0.05, 0) is 12.1 Å². The summed E-state index contributed by atoms with van der Waals surface area (Å²) < 4.78 is 27.0. The van der Waals surface area contributed by atoms with Gasteiger partial charge < -0.3 is 19.9 Å². The Morgan fingerprint density at radius 1 is 1.24 bits per heavy atom. The van der Waals surface area contributed by atoms with Gasteiger partial charge in [0.2, 0.25) is 0 Å². The largest absolute Gasteiger partial charge is 0.486 e. The van der Waals surface area contributed by atoms with E-state index >= 15 is 0 Å². The first kappa shape index (κ1) is 21.8. The van der Waals surface area contributed by atoms with Gasteiger partial charge in [0.25, 0.3) is 5.56 Å². The maximum Gasteiger partial charge on any atom is 0.251 e. The number of β-amino-alcohol motifs (C(OH)–C–C–N with tert-alkyl or cyclic N) is 1. The normalized spacial score (nSPS) is 23.6. The highest BCUT2D eigenvalue weighted by Gasteiger charge is 2.34. The number of likely N-dealkylation sites (tertiary alicyclic amines) is 1. The van der Waals surface area contributed by atoms with Crippen molar-refractivity contribution in [2.45, 2.75) is 23.6 Å². The number of nitrogens with one attached hydrogen (secondary N) is 1. The van der Waals surface area contributed by atoms with E-state index in [1.54, 1.807) is 28.6 Å². The number of thioether (sulfide) groups is 1. The molecule has 1 saturated heterocycles. The fraction of sp³-hybridized carbons (Fsp3) is 0.435. The van der Waals surface area contributed by atoms with Crippen LogP contribution in [0.15, 0.2) is 40.3 Å². The summed E-state index contributed by atoms with van der Waals surface area (Å²) in [5.74, 6) is 1.01. The van der Waals surface area contributed by atoms with Gasteiger partial charge in [0.05, 0.1) is 40.6 Å². The summed E-state index contributed by atoms with van der Waals surface area (Å²) >= 11 is 1.66. The first-order valence-electron chi connectivity index (χ1n) is 11.2. The number of hydrogen-bond acceptors (Lipinski definition) is 9. The van der Waals surface area contributed by atoms with Gasteiger partial charge >= 0.3 is 0 Å². The number of nitrogens with zero attached hydrogens (tertiary/aromatic N) is 4. The van der Waals surface area contributed by atoms with Crippen molar-refractivity contribution < 1.29 is 19.0 Å². The fourth-order valence-corrected chi connectivity index (χ4v) is 5.76. The summed E-state index contributed by atoms with van der Waals surface area (Å²) in [4.78, 5) is 24.5. The molecule has 2 N–H and O–H groups in total. The van der Waals surface area contributed by atoms with Crippen LogP contribution in [-0.4, -0.2) is 69.4 Å². The number of pyridine rings is 3. The van der Waals surface area contributed by atoms with Gasteiger partial charge in [-0.15, -0.1) is 0 Å². The predicted octanol–water partition coefficient (Wildman–Crippen LogP) is 1.39. The van der Waals surface area contributed by atoms with E-state index in [1.165, 1.54) is 6.07 Å². The van der Waals surface area contributed by atoms with Crippen LogP contribution >= 0.6 is 11.8 Å². The van der Waals surface area contributed by atoms with Crippen molar-refractivity contribution in [3.8, 4) is 11.5 Å². The van der Waals surface area contributed by atoms with Crippen LogP contribution in [-0.2, 0) is 6.54 Å². The average Bonchev–Trinajstić information content (AvgIpc) is 3.44. The number of aliphatic hydroxyl groups is 1. The molecule has 0 amide bonds. The molecule has 3 aromatic heterocycles. The Hall–Kier alpha value is -2.73. The highest BCUT2D eigenvalue weighted by atomic mass is 32.2. The molecule has 6 heterocycles. The van der Waals surface area contributed by atoms with Crippen LogP contribution in [0.5, 0.6) is 11.5 Å². The second kappa shape index (κ2) is 8.81. The van der Waals surface area contributed by atoms with Crippen LogP contribution in [0.4, 0.5) is 4.39 Å². The zero-order valence-corrected chi connectivity index (χ0v) is 19.1. The van der Waals surface area contributed by atoms with Crippen molar-refractivity contribution >= 4 is 22.8 Å². The Labute approximate surface area is 198 Å². The summed E-state index contributed by atoms with van der Waals surface area (Å²) in [5.41, 5.74) is 1.65. The lowest BCUT2D eigenvalue weighted by atomic mass is 10.1. The Balaban J connectivity index is 1.11. The van der Waals surface area contributed by atoms with E-state index in [9.17, 15) is 14.3 Å². The molecule has 0 radical (unpaired) electrons. The highest BCUT2D eigenvalue weighted by Crippen LogP contribution is 2.36. The molecule has 3 aromatic rings. The van der Waals surface area contributed by atoms with E-state index < -0.39 is 11.9 Å². The second-order valence-corrected chi connectivity index (χ2v) is 9.85. The molecule has 0 saturated carbocycles. The van der Waals surface area contributed by atoms with E-state index in [2.05, 4.69) is 20.2 Å². The molecule has 3 aliphatic rings. The first-order chi connectivity index (χ1) is 16.6. The Morgan fingerprint density at radius 3 is 3.06 bits per heavy atom. The third-order valence-corrected chi connectivity index (χ3v) is 7.49. The first-order valence-corrected chi connectivity index (χ1v) is 12.2. The van der Waals surface area contributed by atoms with Crippen molar-refractivity contribution in [3.63, 3.8) is 0 Å². The maximum atomic E-state index is 14.2. The Morgan fingerprint density at radius 2 is 2.15 bits per heavy atom. The number of ether oxygens (including phenoxy) is 2. The number of hydrogen-bond donors (Lipinski definition) is 2. The molecule has 11 heteroatoms. The van der Waals surface area contributed by atoms with Crippen LogP contribution in [0, 0.1) is 11.7 Å². The molecule has 9 nitrogen and oxygen atoms in total. The van der Waals surface area contributed by atoms with E-state index in [-0.39, 0.29) is 29.9 Å². The van der Waals surface area contributed by atoms with Gasteiger partial charge in [0.15, 0.2) is 17.3 Å². The van der Waals surface area contributed by atoms with Crippen molar-refractivity contribution in [3.05, 3.63) is 52.5 Å². The van der Waals surface area contributed by atoms with Gasteiger partial charge in [-0.25, -0.2) is 4.39 Å². The Kier molecular flexibility index (Phi) is 5.64. The van der Waals surface area contributed by atoms with E-state index in [0.29, 0.717) is 49.7 Å². The molecule has 178 valence electrons. The molecule has 34 heavy (non-hydrogen) atoms. The summed E-state index contributed by atoms with van der Waals surface area (Å²) in [5, 5.41) is 14.0. The summed E-state index contributed by atoms with van der Waals surface area (Å²) in [6.45, 7) is 3.16. The molecule has 0 aliphatic carbocycles. The second-order valence-electron chi connectivity index (χ2n) is 8.88. The monoisotopic (exact) mass is 485 g/mol. The van der Waals surface area contributed by atoms with Gasteiger partial charge in [0.1, 0.15) is 18.1 Å². The number of halogens is 1. The van der Waals surface area contributed by atoms with E-state index in [0.717, 1.165) is 22.5 Å². The van der Waals surface area contributed by atoms with Gasteiger partial charge in [-0.1, -0.05) is 11.8 Å². The molecule has 0 aromatic carbocycles. The number of aromatic nitrogens is 3. The SMILES string of the molecule is O=c1ccc2ncc(F)c3c2n1[C@H](CN1C[C@H](CNCc2cc4c(cn2)OCS4)[C@H](O)C1)CO3. The molecule has 3 atom stereocenters. The van der Waals surface area contributed by atoms with E-state index in [1.807, 2.05) is 6.07 Å². The Bertz CT molecular complexity index is 1300. The number of aliphatic hydroxyl groups excluding tert-OH is 1. The minimum Gasteiger partial charge on any atom is -0.486 e. The molecular formula is C23H24FN5O4S. The third kappa shape index (κ3) is 3.92.